The number of aliphatic carboxylic acids is 1. The lowest BCUT2D eigenvalue weighted by Crippen LogP contribution is -2.13. The highest BCUT2D eigenvalue weighted by atomic mass is 32.2. The van der Waals surface area contributed by atoms with E-state index in [4.69, 9.17) is 5.11 Å². The molecule has 0 amide bonds. The first-order valence-corrected chi connectivity index (χ1v) is 6.18. The summed E-state index contributed by atoms with van der Waals surface area (Å²) in [6.45, 7) is 1.31. The number of hydrogen-bond acceptors (Lipinski definition) is 3. The number of thioether (sulfide) groups is 1. The fraction of sp³-hybridized carbons (Fsp3) is 0.250. The molecule has 16 heavy (non-hydrogen) atoms. The van der Waals surface area contributed by atoms with Crippen molar-refractivity contribution < 1.29 is 9.90 Å². The van der Waals surface area contributed by atoms with Crippen molar-refractivity contribution in [1.29, 1.82) is 0 Å². The second kappa shape index (κ2) is 7.09. The average molecular weight is 237 g/mol. The van der Waals surface area contributed by atoms with Crippen LogP contribution in [0.2, 0.25) is 0 Å². The Morgan fingerprint density at radius 2 is 2.12 bits per heavy atom. The number of nitrogens with one attached hydrogen (secondary N) is 1. The van der Waals surface area contributed by atoms with E-state index in [9.17, 15) is 4.79 Å². The topological polar surface area (TPSA) is 49.3 Å². The molecule has 4 heteroatoms. The molecule has 86 valence electrons. The summed E-state index contributed by atoms with van der Waals surface area (Å²) < 4.78 is 0. The van der Waals surface area contributed by atoms with Gasteiger partial charge >= 0.3 is 5.97 Å². The predicted octanol–water partition coefficient (Wildman–Crippen LogP) is 2.14. The van der Waals surface area contributed by atoms with Crippen molar-refractivity contribution in [3.63, 3.8) is 0 Å². The van der Waals surface area contributed by atoms with Gasteiger partial charge in [-0.25, -0.2) is 4.79 Å². The third kappa shape index (κ3) is 5.00. The van der Waals surface area contributed by atoms with Crippen molar-refractivity contribution in [3.05, 3.63) is 42.0 Å². The van der Waals surface area contributed by atoms with Crippen molar-refractivity contribution >= 4 is 17.7 Å². The maximum Gasteiger partial charge on any atom is 0.328 e. The van der Waals surface area contributed by atoms with E-state index in [2.05, 4.69) is 29.6 Å². The van der Waals surface area contributed by atoms with Gasteiger partial charge in [-0.15, -0.1) is 11.8 Å². The van der Waals surface area contributed by atoms with E-state index in [0.717, 1.165) is 12.6 Å². The number of carboxylic acids is 1. The van der Waals surface area contributed by atoms with Crippen LogP contribution in [0.4, 0.5) is 0 Å². The number of hydrogen-bond donors (Lipinski definition) is 2. The zero-order valence-electron chi connectivity index (χ0n) is 9.14. The fourth-order valence-corrected chi connectivity index (χ4v) is 1.61. The van der Waals surface area contributed by atoms with Gasteiger partial charge in [0.15, 0.2) is 0 Å². The van der Waals surface area contributed by atoms with Crippen LogP contribution in [0.25, 0.3) is 0 Å². The normalized spacial score (nSPS) is 10.8. The predicted molar refractivity (Wildman–Crippen MR) is 66.7 cm³/mol. The maximum atomic E-state index is 10.2. The Kier molecular flexibility index (Phi) is 5.67. The molecule has 3 nitrogen and oxygen atoms in total. The summed E-state index contributed by atoms with van der Waals surface area (Å²) in [6, 6.07) is 8.29. The highest BCUT2D eigenvalue weighted by Crippen LogP contribution is 2.14. The SMILES string of the molecule is CSc1ccc(CNC/C=C/C(=O)O)cc1. The average Bonchev–Trinajstić information content (AvgIpc) is 2.29. The quantitative estimate of drug-likeness (QED) is 0.452. The lowest BCUT2D eigenvalue weighted by molar-refractivity contribution is -0.131. The van der Waals surface area contributed by atoms with Crippen LogP contribution in [0.1, 0.15) is 5.56 Å². The highest BCUT2D eigenvalue weighted by Gasteiger charge is 1.92. The lowest BCUT2D eigenvalue weighted by Gasteiger charge is -2.02. The van der Waals surface area contributed by atoms with E-state index in [0.29, 0.717) is 6.54 Å². The van der Waals surface area contributed by atoms with Gasteiger partial charge in [0.2, 0.25) is 0 Å². The molecule has 1 aromatic carbocycles. The van der Waals surface area contributed by atoms with Gasteiger partial charge in [0.05, 0.1) is 0 Å². The van der Waals surface area contributed by atoms with Crippen molar-refractivity contribution in [3.8, 4) is 0 Å². The molecule has 2 N–H and O–H groups in total. The number of carbonyl (C=O) groups is 1. The van der Waals surface area contributed by atoms with Gasteiger partial charge in [-0.3, -0.25) is 0 Å². The van der Waals surface area contributed by atoms with Gasteiger partial charge in [0, 0.05) is 24.1 Å². The summed E-state index contributed by atoms with van der Waals surface area (Å²) in [5.74, 6) is -0.911. The Morgan fingerprint density at radius 3 is 2.69 bits per heavy atom. The summed E-state index contributed by atoms with van der Waals surface area (Å²) in [7, 11) is 0. The molecule has 0 aliphatic carbocycles. The van der Waals surface area contributed by atoms with Crippen LogP contribution < -0.4 is 5.32 Å². The third-order valence-corrected chi connectivity index (χ3v) is 2.75. The Morgan fingerprint density at radius 1 is 1.44 bits per heavy atom. The van der Waals surface area contributed by atoms with Gasteiger partial charge in [0.25, 0.3) is 0 Å². The number of carboxylic acid groups (broad SMARTS) is 1. The van der Waals surface area contributed by atoms with Gasteiger partial charge in [-0.1, -0.05) is 18.2 Å². The fourth-order valence-electron chi connectivity index (χ4n) is 1.20. The molecule has 0 aromatic heterocycles. The molecule has 0 aliphatic heterocycles. The summed E-state index contributed by atoms with van der Waals surface area (Å²) >= 11 is 1.72. The lowest BCUT2D eigenvalue weighted by atomic mass is 10.2. The molecular formula is C12H15NO2S. The van der Waals surface area contributed by atoms with Crippen molar-refractivity contribution in [2.75, 3.05) is 12.8 Å². The second-order valence-electron chi connectivity index (χ2n) is 3.22. The molecule has 0 atom stereocenters. The van der Waals surface area contributed by atoms with Crippen LogP contribution in [-0.4, -0.2) is 23.9 Å². The van der Waals surface area contributed by atoms with E-state index >= 15 is 0 Å². The zero-order chi connectivity index (χ0) is 11.8. The summed E-state index contributed by atoms with van der Waals surface area (Å²) in [4.78, 5) is 11.4. The van der Waals surface area contributed by atoms with E-state index in [-0.39, 0.29) is 0 Å². The zero-order valence-corrected chi connectivity index (χ0v) is 9.96. The number of rotatable bonds is 6. The maximum absolute atomic E-state index is 10.2. The monoisotopic (exact) mass is 237 g/mol. The van der Waals surface area contributed by atoms with Crippen LogP contribution in [0.5, 0.6) is 0 Å². The molecule has 0 saturated heterocycles. The second-order valence-corrected chi connectivity index (χ2v) is 4.10. The van der Waals surface area contributed by atoms with Crippen LogP contribution >= 0.6 is 11.8 Å². The summed E-state index contributed by atoms with van der Waals surface area (Å²) in [5, 5.41) is 11.5. The third-order valence-electron chi connectivity index (χ3n) is 2.01. The van der Waals surface area contributed by atoms with Crippen molar-refractivity contribution in [2.24, 2.45) is 0 Å². The van der Waals surface area contributed by atoms with E-state index in [1.54, 1.807) is 17.8 Å². The van der Waals surface area contributed by atoms with Gasteiger partial charge in [-0.05, 0) is 24.0 Å². The summed E-state index contributed by atoms with van der Waals surface area (Å²) in [5.41, 5.74) is 1.20. The number of benzene rings is 1. The Hall–Kier alpha value is -1.26. The molecule has 0 aliphatic rings. The van der Waals surface area contributed by atoms with E-state index in [1.807, 2.05) is 6.26 Å². The van der Waals surface area contributed by atoms with Crippen molar-refractivity contribution in [1.82, 2.24) is 5.32 Å². The van der Waals surface area contributed by atoms with Crippen LogP contribution in [0, 0.1) is 0 Å². The van der Waals surface area contributed by atoms with E-state index in [1.165, 1.54) is 10.5 Å². The molecule has 1 rings (SSSR count). The molecular weight excluding hydrogens is 222 g/mol. The molecule has 0 fully saturated rings. The van der Waals surface area contributed by atoms with Crippen LogP contribution in [0.15, 0.2) is 41.3 Å². The minimum absolute atomic E-state index is 0.566. The first-order chi connectivity index (χ1) is 7.72. The molecule has 0 radical (unpaired) electrons. The van der Waals surface area contributed by atoms with Gasteiger partial charge in [-0.2, -0.15) is 0 Å². The molecule has 0 saturated carbocycles. The van der Waals surface area contributed by atoms with E-state index < -0.39 is 5.97 Å². The minimum atomic E-state index is -0.911. The van der Waals surface area contributed by atoms with Gasteiger partial charge < -0.3 is 10.4 Å². The molecule has 0 bridgehead atoms. The Balaban J connectivity index is 2.29. The smallest absolute Gasteiger partial charge is 0.328 e. The highest BCUT2D eigenvalue weighted by molar-refractivity contribution is 7.98. The molecule has 0 heterocycles. The summed E-state index contributed by atoms with van der Waals surface area (Å²) in [6.07, 6.45) is 4.78. The Bertz CT molecular complexity index is 360. The molecule has 0 unspecified atom stereocenters. The Labute approximate surface area is 99.6 Å². The standard InChI is InChI=1S/C12H15NO2S/c1-16-11-6-4-10(5-7-11)9-13-8-2-3-12(14)15/h2-7,13H,8-9H2,1H3,(H,14,15)/b3-2+. The minimum Gasteiger partial charge on any atom is -0.478 e. The van der Waals surface area contributed by atoms with Crippen LogP contribution in [-0.2, 0) is 11.3 Å². The van der Waals surface area contributed by atoms with Crippen LogP contribution in [0.3, 0.4) is 0 Å². The van der Waals surface area contributed by atoms with Gasteiger partial charge in [0.1, 0.15) is 0 Å². The first-order valence-electron chi connectivity index (χ1n) is 4.95. The largest absolute Gasteiger partial charge is 0.478 e. The van der Waals surface area contributed by atoms with Crippen molar-refractivity contribution in [2.45, 2.75) is 11.4 Å². The molecule has 1 aromatic rings. The first kappa shape index (κ1) is 12.8. The molecule has 0 spiro atoms.